The molecule has 0 aliphatic rings. The van der Waals surface area contributed by atoms with Crippen molar-refractivity contribution in [1.82, 2.24) is 5.32 Å². The van der Waals surface area contributed by atoms with Gasteiger partial charge in [-0.1, -0.05) is 30.7 Å². The zero-order valence-corrected chi connectivity index (χ0v) is 10.0. The maximum absolute atomic E-state index is 9.35. The lowest BCUT2D eigenvalue weighted by Gasteiger charge is -2.09. The fourth-order valence-electron chi connectivity index (χ4n) is 1.27. The molecule has 1 aromatic carbocycles. The topological polar surface area (TPSA) is 32.3 Å². The minimum atomic E-state index is -0.258. The normalized spacial score (nSPS) is 12.8. The quantitative estimate of drug-likeness (QED) is 0.810. The number of aryl methyl sites for hydroxylation is 1. The predicted molar refractivity (Wildman–Crippen MR) is 64.2 cm³/mol. The summed E-state index contributed by atoms with van der Waals surface area (Å²) in [4.78, 5) is 0. The molecule has 1 rings (SSSR count). The number of aliphatic hydroxyl groups is 1. The van der Waals surface area contributed by atoms with Gasteiger partial charge in [0, 0.05) is 18.1 Å². The van der Waals surface area contributed by atoms with E-state index in [9.17, 15) is 5.11 Å². The first-order valence-corrected chi connectivity index (χ1v) is 5.65. The van der Waals surface area contributed by atoms with E-state index in [2.05, 4.69) is 5.32 Å². The highest BCUT2D eigenvalue weighted by atomic mass is 35.5. The molecule has 0 aromatic heterocycles. The van der Waals surface area contributed by atoms with E-state index in [0.29, 0.717) is 6.54 Å². The van der Waals surface area contributed by atoms with Crippen molar-refractivity contribution in [2.24, 2.45) is 0 Å². The van der Waals surface area contributed by atoms with Gasteiger partial charge in [-0.3, -0.25) is 0 Å². The standard InChI is InChI=1S/C12H18ClNO/c1-3-11(15)8-14-7-10-5-4-9(2)12(13)6-10/h4-6,11,14-15H,3,7-8H2,1-2H3. The second kappa shape index (κ2) is 6.11. The minimum absolute atomic E-state index is 0.258. The SMILES string of the molecule is CCC(O)CNCc1ccc(C)c(Cl)c1. The van der Waals surface area contributed by atoms with Crippen LogP contribution in [0.5, 0.6) is 0 Å². The van der Waals surface area contributed by atoms with E-state index in [0.717, 1.165) is 29.1 Å². The smallest absolute Gasteiger partial charge is 0.0662 e. The number of hydrogen-bond acceptors (Lipinski definition) is 2. The predicted octanol–water partition coefficient (Wildman–Crippen LogP) is 2.51. The van der Waals surface area contributed by atoms with E-state index >= 15 is 0 Å². The molecule has 0 aliphatic carbocycles. The third kappa shape index (κ3) is 4.20. The van der Waals surface area contributed by atoms with Crippen LogP contribution in [0.2, 0.25) is 5.02 Å². The molecule has 1 unspecified atom stereocenters. The van der Waals surface area contributed by atoms with E-state index in [1.807, 2.05) is 32.0 Å². The summed E-state index contributed by atoms with van der Waals surface area (Å²) in [6.07, 6.45) is 0.521. The molecule has 15 heavy (non-hydrogen) atoms. The highest BCUT2D eigenvalue weighted by molar-refractivity contribution is 6.31. The van der Waals surface area contributed by atoms with Gasteiger partial charge < -0.3 is 10.4 Å². The zero-order valence-electron chi connectivity index (χ0n) is 9.26. The Kier molecular flexibility index (Phi) is 5.09. The molecule has 1 aromatic rings. The third-order valence-electron chi connectivity index (χ3n) is 2.42. The number of benzene rings is 1. The molecule has 0 spiro atoms. The van der Waals surface area contributed by atoms with Gasteiger partial charge in [0.05, 0.1) is 6.10 Å². The highest BCUT2D eigenvalue weighted by Crippen LogP contribution is 2.16. The van der Waals surface area contributed by atoms with Gasteiger partial charge in [-0.25, -0.2) is 0 Å². The molecule has 2 N–H and O–H groups in total. The molecule has 84 valence electrons. The van der Waals surface area contributed by atoms with Crippen molar-refractivity contribution in [3.05, 3.63) is 34.3 Å². The molecule has 0 radical (unpaired) electrons. The van der Waals surface area contributed by atoms with Gasteiger partial charge in [0.2, 0.25) is 0 Å². The first-order chi connectivity index (χ1) is 7.13. The molecular formula is C12H18ClNO. The van der Waals surface area contributed by atoms with Crippen molar-refractivity contribution >= 4 is 11.6 Å². The number of nitrogens with one attached hydrogen (secondary N) is 1. The average molecular weight is 228 g/mol. The molecular weight excluding hydrogens is 210 g/mol. The van der Waals surface area contributed by atoms with Crippen molar-refractivity contribution in [3.8, 4) is 0 Å². The monoisotopic (exact) mass is 227 g/mol. The van der Waals surface area contributed by atoms with E-state index in [-0.39, 0.29) is 6.10 Å². The summed E-state index contributed by atoms with van der Waals surface area (Å²) in [6, 6.07) is 6.02. The maximum Gasteiger partial charge on any atom is 0.0662 e. The zero-order chi connectivity index (χ0) is 11.3. The molecule has 0 saturated carbocycles. The highest BCUT2D eigenvalue weighted by Gasteiger charge is 2.01. The van der Waals surface area contributed by atoms with Crippen molar-refractivity contribution in [3.63, 3.8) is 0 Å². The van der Waals surface area contributed by atoms with E-state index in [1.165, 1.54) is 0 Å². The fourth-order valence-corrected chi connectivity index (χ4v) is 1.48. The second-order valence-corrected chi connectivity index (χ2v) is 4.18. The summed E-state index contributed by atoms with van der Waals surface area (Å²) >= 11 is 6.01. The van der Waals surface area contributed by atoms with E-state index in [1.54, 1.807) is 0 Å². The molecule has 0 bridgehead atoms. The number of hydrogen-bond donors (Lipinski definition) is 2. The van der Waals surface area contributed by atoms with E-state index < -0.39 is 0 Å². The Bertz CT molecular complexity index is 314. The van der Waals surface area contributed by atoms with Gasteiger partial charge in [-0.05, 0) is 30.5 Å². The van der Waals surface area contributed by atoms with Gasteiger partial charge in [-0.15, -0.1) is 0 Å². The summed E-state index contributed by atoms with van der Waals surface area (Å²) < 4.78 is 0. The first kappa shape index (κ1) is 12.5. The molecule has 0 amide bonds. The van der Waals surface area contributed by atoms with Crippen LogP contribution in [0.25, 0.3) is 0 Å². The summed E-state index contributed by atoms with van der Waals surface area (Å²) in [5.41, 5.74) is 2.24. The largest absolute Gasteiger partial charge is 0.392 e. The van der Waals surface area contributed by atoms with Gasteiger partial charge in [0.15, 0.2) is 0 Å². The molecule has 1 atom stereocenters. The van der Waals surface area contributed by atoms with Crippen LogP contribution in [0.15, 0.2) is 18.2 Å². The Labute approximate surface area is 96.3 Å². The van der Waals surface area contributed by atoms with Crippen LogP contribution in [-0.4, -0.2) is 17.8 Å². The summed E-state index contributed by atoms with van der Waals surface area (Å²) in [7, 11) is 0. The van der Waals surface area contributed by atoms with Crippen molar-refractivity contribution in [1.29, 1.82) is 0 Å². The fraction of sp³-hybridized carbons (Fsp3) is 0.500. The Morgan fingerprint density at radius 1 is 1.47 bits per heavy atom. The lowest BCUT2D eigenvalue weighted by molar-refractivity contribution is 0.167. The van der Waals surface area contributed by atoms with Crippen LogP contribution in [0.1, 0.15) is 24.5 Å². The second-order valence-electron chi connectivity index (χ2n) is 3.78. The van der Waals surface area contributed by atoms with Crippen molar-refractivity contribution in [2.75, 3.05) is 6.54 Å². The lowest BCUT2D eigenvalue weighted by atomic mass is 10.1. The van der Waals surface area contributed by atoms with Gasteiger partial charge in [0.25, 0.3) is 0 Å². The summed E-state index contributed by atoms with van der Waals surface area (Å²) in [5.74, 6) is 0. The molecule has 0 aliphatic heterocycles. The van der Waals surface area contributed by atoms with Crippen LogP contribution >= 0.6 is 11.6 Å². The van der Waals surface area contributed by atoms with Crippen LogP contribution in [0, 0.1) is 6.92 Å². The van der Waals surface area contributed by atoms with Gasteiger partial charge >= 0.3 is 0 Å². The number of rotatable bonds is 5. The summed E-state index contributed by atoms with van der Waals surface area (Å²) in [6.45, 7) is 5.33. The number of aliphatic hydroxyl groups excluding tert-OH is 1. The maximum atomic E-state index is 9.35. The molecule has 0 saturated heterocycles. The molecule has 0 fully saturated rings. The molecule has 0 heterocycles. The van der Waals surface area contributed by atoms with Crippen LogP contribution < -0.4 is 5.32 Å². The Hall–Kier alpha value is -0.570. The van der Waals surface area contributed by atoms with Crippen LogP contribution in [-0.2, 0) is 6.54 Å². The van der Waals surface area contributed by atoms with E-state index in [4.69, 9.17) is 11.6 Å². The first-order valence-electron chi connectivity index (χ1n) is 5.27. The van der Waals surface area contributed by atoms with Crippen molar-refractivity contribution in [2.45, 2.75) is 32.9 Å². The summed E-state index contributed by atoms with van der Waals surface area (Å²) in [5, 5.41) is 13.3. The van der Waals surface area contributed by atoms with Gasteiger partial charge in [0.1, 0.15) is 0 Å². The van der Waals surface area contributed by atoms with Gasteiger partial charge in [-0.2, -0.15) is 0 Å². The minimum Gasteiger partial charge on any atom is -0.392 e. The Morgan fingerprint density at radius 2 is 2.20 bits per heavy atom. The average Bonchev–Trinajstić information content (AvgIpc) is 2.23. The van der Waals surface area contributed by atoms with Crippen LogP contribution in [0.3, 0.4) is 0 Å². The van der Waals surface area contributed by atoms with Crippen LogP contribution in [0.4, 0.5) is 0 Å². The lowest BCUT2D eigenvalue weighted by Crippen LogP contribution is -2.25. The third-order valence-corrected chi connectivity index (χ3v) is 2.82. The number of halogens is 1. The Morgan fingerprint density at radius 3 is 2.80 bits per heavy atom. The van der Waals surface area contributed by atoms with Crippen molar-refractivity contribution < 1.29 is 5.11 Å². The molecule has 2 nitrogen and oxygen atoms in total. The molecule has 3 heteroatoms. The Balaban J connectivity index is 2.41.